The van der Waals surface area contributed by atoms with Gasteiger partial charge in [-0.2, -0.15) is 0 Å². The van der Waals surface area contributed by atoms with Gasteiger partial charge in [-0.1, -0.05) is 121 Å². The molecular formula is C34H26O2. The average Bonchev–Trinajstić information content (AvgIpc) is 2.95. The molecule has 5 aromatic rings. The average molecular weight is 467 g/mol. The second kappa shape index (κ2) is 11.5. The van der Waals surface area contributed by atoms with Crippen molar-refractivity contribution in [2.45, 2.75) is 0 Å². The van der Waals surface area contributed by atoms with Crippen LogP contribution in [-0.4, -0.2) is 0 Å². The summed E-state index contributed by atoms with van der Waals surface area (Å²) in [6.45, 7) is 0. The van der Waals surface area contributed by atoms with Crippen LogP contribution in [0.1, 0.15) is 22.3 Å². The monoisotopic (exact) mass is 466 g/mol. The van der Waals surface area contributed by atoms with Crippen molar-refractivity contribution >= 4 is 23.7 Å². The zero-order valence-corrected chi connectivity index (χ0v) is 19.8. The van der Waals surface area contributed by atoms with E-state index in [0.29, 0.717) is 0 Å². The molecule has 0 aromatic heterocycles. The lowest BCUT2D eigenvalue weighted by atomic mass is 10.1. The molecule has 5 rings (SSSR count). The molecule has 0 aliphatic heterocycles. The molecule has 174 valence electrons. The summed E-state index contributed by atoms with van der Waals surface area (Å²) in [5, 5.41) is 0. The van der Waals surface area contributed by atoms with Gasteiger partial charge in [-0.05, 0) is 47.5 Å². The second-order valence-corrected chi connectivity index (χ2v) is 8.25. The number of benzene rings is 5. The molecule has 0 atom stereocenters. The SMILES string of the molecule is C(=C(/Oc1ccc(O/C(=C\c2ccccc2)c2ccccc2)cc1)c1ccccc1)/c1ccccc1. The van der Waals surface area contributed by atoms with Gasteiger partial charge in [-0.25, -0.2) is 0 Å². The lowest BCUT2D eigenvalue weighted by Crippen LogP contribution is -1.97. The van der Waals surface area contributed by atoms with E-state index >= 15 is 0 Å². The lowest BCUT2D eigenvalue weighted by Gasteiger charge is -2.13. The third-order valence-corrected chi connectivity index (χ3v) is 5.59. The fourth-order valence-electron chi connectivity index (χ4n) is 3.78. The fraction of sp³-hybridized carbons (Fsp3) is 0. The Hall–Kier alpha value is -4.82. The van der Waals surface area contributed by atoms with Crippen LogP contribution in [0.3, 0.4) is 0 Å². The molecule has 0 heterocycles. The molecule has 0 unspecified atom stereocenters. The van der Waals surface area contributed by atoms with E-state index in [1.165, 1.54) is 0 Å². The topological polar surface area (TPSA) is 18.5 Å². The molecule has 0 aliphatic rings. The van der Waals surface area contributed by atoms with Crippen molar-refractivity contribution in [2.24, 2.45) is 0 Å². The summed E-state index contributed by atoms with van der Waals surface area (Å²) in [6.07, 6.45) is 4.10. The third kappa shape index (κ3) is 6.19. The standard InChI is InChI=1S/C34H26O2/c1-5-13-27(14-6-1)25-33(29-17-9-3-10-18-29)35-31-21-23-32(24-22-31)36-34(30-19-11-4-12-20-30)26-28-15-7-2-8-16-28/h1-26H/b33-25-,34-26-. The minimum absolute atomic E-state index is 0.738. The van der Waals surface area contributed by atoms with E-state index in [9.17, 15) is 0 Å². The Labute approximate surface area is 212 Å². The normalized spacial score (nSPS) is 11.7. The number of rotatable bonds is 8. The summed E-state index contributed by atoms with van der Waals surface area (Å²) in [7, 11) is 0. The number of hydrogen-bond acceptors (Lipinski definition) is 2. The smallest absolute Gasteiger partial charge is 0.135 e. The van der Waals surface area contributed by atoms with Crippen LogP contribution in [0, 0.1) is 0 Å². The molecule has 0 N–H and O–H groups in total. The molecule has 0 aliphatic carbocycles. The van der Waals surface area contributed by atoms with E-state index < -0.39 is 0 Å². The van der Waals surface area contributed by atoms with Crippen LogP contribution < -0.4 is 9.47 Å². The van der Waals surface area contributed by atoms with Crippen molar-refractivity contribution in [3.63, 3.8) is 0 Å². The zero-order valence-electron chi connectivity index (χ0n) is 19.8. The van der Waals surface area contributed by atoms with Gasteiger partial charge in [0.05, 0.1) is 0 Å². The molecule has 5 aromatic carbocycles. The Bertz CT molecular complexity index is 1310. The maximum Gasteiger partial charge on any atom is 0.135 e. The third-order valence-electron chi connectivity index (χ3n) is 5.59. The molecule has 36 heavy (non-hydrogen) atoms. The Balaban J connectivity index is 1.39. The van der Waals surface area contributed by atoms with Gasteiger partial charge in [0.25, 0.3) is 0 Å². The molecule has 0 amide bonds. The lowest BCUT2D eigenvalue weighted by molar-refractivity contribution is 0.504. The minimum atomic E-state index is 0.738. The molecule has 0 fully saturated rings. The molecule has 2 heteroatoms. The molecule has 0 spiro atoms. The molecule has 0 saturated heterocycles. The van der Waals surface area contributed by atoms with Crippen LogP contribution >= 0.6 is 0 Å². The van der Waals surface area contributed by atoms with Crippen LogP contribution in [0.25, 0.3) is 23.7 Å². The van der Waals surface area contributed by atoms with Gasteiger partial charge in [-0.3, -0.25) is 0 Å². The first-order chi connectivity index (χ1) is 17.8. The predicted octanol–water partition coefficient (Wildman–Crippen LogP) is 8.84. The van der Waals surface area contributed by atoms with E-state index in [1.54, 1.807) is 0 Å². The van der Waals surface area contributed by atoms with Crippen molar-refractivity contribution in [3.05, 3.63) is 168 Å². The Morgan fingerprint density at radius 2 is 0.667 bits per heavy atom. The van der Waals surface area contributed by atoms with E-state index in [2.05, 4.69) is 36.4 Å². The van der Waals surface area contributed by atoms with Gasteiger partial charge in [-0.15, -0.1) is 0 Å². The molecule has 0 bridgehead atoms. The second-order valence-electron chi connectivity index (χ2n) is 8.25. The largest absolute Gasteiger partial charge is 0.457 e. The highest BCUT2D eigenvalue weighted by atomic mass is 16.5. The summed E-state index contributed by atoms with van der Waals surface area (Å²) in [5.41, 5.74) is 4.18. The van der Waals surface area contributed by atoms with E-state index in [0.717, 1.165) is 45.3 Å². The first kappa shape index (κ1) is 22.9. The van der Waals surface area contributed by atoms with Gasteiger partial charge in [0.15, 0.2) is 0 Å². The molecule has 0 saturated carbocycles. The van der Waals surface area contributed by atoms with Gasteiger partial charge < -0.3 is 9.47 Å². The van der Waals surface area contributed by atoms with Crippen molar-refractivity contribution in [1.82, 2.24) is 0 Å². The van der Waals surface area contributed by atoms with Crippen LogP contribution in [0.5, 0.6) is 11.5 Å². The van der Waals surface area contributed by atoms with Crippen LogP contribution in [-0.2, 0) is 0 Å². The van der Waals surface area contributed by atoms with Gasteiger partial charge in [0.1, 0.15) is 23.0 Å². The van der Waals surface area contributed by atoms with E-state index in [-0.39, 0.29) is 0 Å². The van der Waals surface area contributed by atoms with Crippen LogP contribution in [0.15, 0.2) is 146 Å². The van der Waals surface area contributed by atoms with Crippen molar-refractivity contribution < 1.29 is 9.47 Å². The minimum Gasteiger partial charge on any atom is -0.457 e. The maximum atomic E-state index is 6.34. The summed E-state index contributed by atoms with van der Waals surface area (Å²) in [4.78, 5) is 0. The quantitative estimate of drug-likeness (QED) is 0.168. The molecule has 2 nitrogen and oxygen atoms in total. The van der Waals surface area contributed by atoms with Gasteiger partial charge >= 0.3 is 0 Å². The Morgan fingerprint density at radius 3 is 1.00 bits per heavy atom. The van der Waals surface area contributed by atoms with Crippen molar-refractivity contribution in [3.8, 4) is 11.5 Å². The summed E-state index contributed by atoms with van der Waals surface area (Å²) in [6, 6.07) is 48.3. The Morgan fingerprint density at radius 1 is 0.361 bits per heavy atom. The highest BCUT2D eigenvalue weighted by Crippen LogP contribution is 2.28. The first-order valence-corrected chi connectivity index (χ1v) is 11.9. The predicted molar refractivity (Wildman–Crippen MR) is 149 cm³/mol. The van der Waals surface area contributed by atoms with Crippen LogP contribution in [0.2, 0.25) is 0 Å². The van der Waals surface area contributed by atoms with Gasteiger partial charge in [0.2, 0.25) is 0 Å². The Kier molecular flexibility index (Phi) is 7.36. The van der Waals surface area contributed by atoms with Gasteiger partial charge in [0, 0.05) is 11.1 Å². The zero-order chi connectivity index (χ0) is 24.4. The van der Waals surface area contributed by atoms with E-state index in [1.807, 2.05) is 121 Å². The van der Waals surface area contributed by atoms with Crippen molar-refractivity contribution in [1.29, 1.82) is 0 Å². The summed E-state index contributed by atoms with van der Waals surface area (Å²) < 4.78 is 12.7. The molecule has 0 radical (unpaired) electrons. The highest BCUT2D eigenvalue weighted by molar-refractivity contribution is 5.79. The summed E-state index contributed by atoms with van der Waals surface area (Å²) in [5.74, 6) is 3.04. The maximum absolute atomic E-state index is 6.34. The fourth-order valence-corrected chi connectivity index (χ4v) is 3.78. The van der Waals surface area contributed by atoms with E-state index in [4.69, 9.17) is 9.47 Å². The highest BCUT2D eigenvalue weighted by Gasteiger charge is 2.08. The number of hydrogen-bond donors (Lipinski definition) is 0. The van der Waals surface area contributed by atoms with Crippen LogP contribution in [0.4, 0.5) is 0 Å². The summed E-state index contributed by atoms with van der Waals surface area (Å²) >= 11 is 0. The van der Waals surface area contributed by atoms with Crippen molar-refractivity contribution in [2.75, 3.05) is 0 Å². The number of ether oxygens (including phenoxy) is 2. The molecular weight excluding hydrogens is 440 g/mol. The first-order valence-electron chi connectivity index (χ1n) is 11.9.